The van der Waals surface area contributed by atoms with Gasteiger partial charge in [-0.3, -0.25) is 0 Å². The minimum Gasteiger partial charge on any atom is -0.100 e. The molecule has 0 rings (SSSR count). The first kappa shape index (κ1) is 13.2. The summed E-state index contributed by atoms with van der Waals surface area (Å²) in [7, 11) is 0. The Kier molecular flexibility index (Phi) is 7.18. The van der Waals surface area contributed by atoms with Crippen LogP contribution in [0.15, 0.2) is 36.0 Å². The molecule has 0 aromatic heterocycles. The second kappa shape index (κ2) is 7.61. The van der Waals surface area contributed by atoms with Gasteiger partial charge in [-0.15, -0.1) is 6.58 Å². The van der Waals surface area contributed by atoms with Gasteiger partial charge in [0.15, 0.2) is 0 Å². The van der Waals surface area contributed by atoms with Crippen LogP contribution in [0.2, 0.25) is 0 Å². The largest absolute Gasteiger partial charge is 0.100 e. The summed E-state index contributed by atoms with van der Waals surface area (Å²) >= 11 is 0. The monoisotopic (exact) mass is 192 g/mol. The minimum atomic E-state index is 1.13. The van der Waals surface area contributed by atoms with Gasteiger partial charge >= 0.3 is 0 Å². The molecule has 0 heteroatoms. The fourth-order valence-electron chi connectivity index (χ4n) is 1.37. The average molecular weight is 192 g/mol. The van der Waals surface area contributed by atoms with Crippen molar-refractivity contribution in [3.63, 3.8) is 0 Å². The lowest BCUT2D eigenvalue weighted by molar-refractivity contribution is 0.827. The maximum Gasteiger partial charge on any atom is -0.0285 e. The summed E-state index contributed by atoms with van der Waals surface area (Å²) in [6, 6.07) is 0. The number of hydrogen-bond donors (Lipinski definition) is 0. The first-order chi connectivity index (χ1) is 6.57. The van der Waals surface area contributed by atoms with E-state index in [1.165, 1.54) is 29.6 Å². The molecule has 14 heavy (non-hydrogen) atoms. The molecule has 0 atom stereocenters. The van der Waals surface area contributed by atoms with Crippen LogP contribution in [0.4, 0.5) is 0 Å². The van der Waals surface area contributed by atoms with Gasteiger partial charge in [-0.1, -0.05) is 42.7 Å². The van der Waals surface area contributed by atoms with E-state index in [9.17, 15) is 0 Å². The molecule has 0 amide bonds. The molecule has 0 saturated heterocycles. The van der Waals surface area contributed by atoms with Crippen LogP contribution < -0.4 is 0 Å². The summed E-state index contributed by atoms with van der Waals surface area (Å²) in [6.07, 6.45) is 8.14. The molecule has 0 aromatic carbocycles. The molecule has 0 spiro atoms. The van der Waals surface area contributed by atoms with Crippen molar-refractivity contribution in [2.75, 3.05) is 0 Å². The molecule has 0 aliphatic rings. The Labute approximate surface area is 89.4 Å². The lowest BCUT2D eigenvalue weighted by Gasteiger charge is -2.04. The molecule has 0 aliphatic heterocycles. The van der Waals surface area contributed by atoms with Crippen LogP contribution in [0.1, 0.15) is 52.9 Å². The minimum absolute atomic E-state index is 1.13. The summed E-state index contributed by atoms with van der Waals surface area (Å²) in [5, 5.41) is 0. The van der Waals surface area contributed by atoms with E-state index < -0.39 is 0 Å². The highest BCUT2D eigenvalue weighted by atomic mass is 14.0. The van der Waals surface area contributed by atoms with Gasteiger partial charge in [-0.05, 0) is 39.5 Å². The Hall–Kier alpha value is -0.780. The first-order valence-corrected chi connectivity index (χ1v) is 5.57. The number of allylic oxidation sites excluding steroid dienone is 4. The van der Waals surface area contributed by atoms with Crippen LogP contribution in [0.5, 0.6) is 0 Å². The molecule has 0 aromatic rings. The summed E-state index contributed by atoms with van der Waals surface area (Å²) in [6.45, 7) is 14.4. The van der Waals surface area contributed by atoms with E-state index in [4.69, 9.17) is 0 Å². The lowest BCUT2D eigenvalue weighted by atomic mass is 10.0. The number of hydrogen-bond acceptors (Lipinski definition) is 0. The quantitative estimate of drug-likeness (QED) is 0.301. The number of unbranched alkanes of at least 4 members (excludes halogenated alkanes) is 1. The van der Waals surface area contributed by atoms with E-state index in [0.29, 0.717) is 0 Å². The van der Waals surface area contributed by atoms with Crippen molar-refractivity contribution >= 4 is 0 Å². The van der Waals surface area contributed by atoms with Gasteiger partial charge in [-0.25, -0.2) is 0 Å². The second-order valence-corrected chi connectivity index (χ2v) is 4.09. The van der Waals surface area contributed by atoms with Gasteiger partial charge in [-0.2, -0.15) is 0 Å². The van der Waals surface area contributed by atoms with E-state index in [1.54, 1.807) is 0 Å². The molecular formula is C14H24. The van der Waals surface area contributed by atoms with E-state index in [-0.39, 0.29) is 0 Å². The van der Waals surface area contributed by atoms with Crippen molar-refractivity contribution in [1.82, 2.24) is 0 Å². The number of rotatable bonds is 7. The van der Waals surface area contributed by atoms with Crippen molar-refractivity contribution in [3.8, 4) is 0 Å². The average Bonchev–Trinajstić information content (AvgIpc) is 2.12. The molecule has 0 fully saturated rings. The molecule has 0 unspecified atom stereocenters. The molecule has 0 radical (unpaired) electrons. The van der Waals surface area contributed by atoms with Gasteiger partial charge in [0.25, 0.3) is 0 Å². The van der Waals surface area contributed by atoms with Gasteiger partial charge in [0.1, 0.15) is 0 Å². The maximum absolute atomic E-state index is 4.07. The van der Waals surface area contributed by atoms with Gasteiger partial charge in [0.05, 0.1) is 0 Å². The van der Waals surface area contributed by atoms with E-state index >= 15 is 0 Å². The normalized spacial score (nSPS) is 11.5. The molecule has 0 aliphatic carbocycles. The molecule has 80 valence electrons. The fourth-order valence-corrected chi connectivity index (χ4v) is 1.37. The van der Waals surface area contributed by atoms with Crippen LogP contribution >= 0.6 is 0 Å². The van der Waals surface area contributed by atoms with Crippen LogP contribution in [-0.2, 0) is 0 Å². The van der Waals surface area contributed by atoms with Gasteiger partial charge in [0, 0.05) is 0 Å². The highest BCUT2D eigenvalue weighted by Crippen LogP contribution is 2.15. The topological polar surface area (TPSA) is 0 Å². The summed E-state index contributed by atoms with van der Waals surface area (Å²) < 4.78 is 0. The summed E-state index contributed by atoms with van der Waals surface area (Å²) in [5.41, 5.74) is 3.94. The zero-order valence-corrected chi connectivity index (χ0v) is 10.0. The molecule has 0 saturated carbocycles. The fraction of sp³-hybridized carbons (Fsp3) is 0.571. The highest BCUT2D eigenvalue weighted by Gasteiger charge is 1.95. The van der Waals surface area contributed by atoms with Crippen molar-refractivity contribution in [2.24, 2.45) is 0 Å². The van der Waals surface area contributed by atoms with E-state index in [2.05, 4.69) is 40.0 Å². The molecular weight excluding hydrogens is 168 g/mol. The molecule has 0 bridgehead atoms. The maximum atomic E-state index is 4.07. The summed E-state index contributed by atoms with van der Waals surface area (Å²) in [5.74, 6) is 0. The van der Waals surface area contributed by atoms with Crippen molar-refractivity contribution in [1.29, 1.82) is 0 Å². The summed E-state index contributed by atoms with van der Waals surface area (Å²) in [4.78, 5) is 0. The Morgan fingerprint density at radius 3 is 2.29 bits per heavy atom. The molecule has 0 heterocycles. The third-order valence-corrected chi connectivity index (χ3v) is 2.37. The highest BCUT2D eigenvalue weighted by molar-refractivity contribution is 5.25. The zero-order chi connectivity index (χ0) is 11.0. The zero-order valence-electron chi connectivity index (χ0n) is 10.0. The van der Waals surface area contributed by atoms with Crippen LogP contribution in [-0.4, -0.2) is 0 Å². The van der Waals surface area contributed by atoms with Crippen molar-refractivity contribution < 1.29 is 0 Å². The van der Waals surface area contributed by atoms with E-state index in [1.807, 2.05) is 0 Å². The van der Waals surface area contributed by atoms with Crippen molar-refractivity contribution in [3.05, 3.63) is 36.0 Å². The van der Waals surface area contributed by atoms with Crippen molar-refractivity contribution in [2.45, 2.75) is 52.9 Å². The predicted molar refractivity (Wildman–Crippen MR) is 66.5 cm³/mol. The Bertz CT molecular complexity index is 218. The van der Waals surface area contributed by atoms with E-state index in [0.717, 1.165) is 19.3 Å². The van der Waals surface area contributed by atoms with Gasteiger partial charge < -0.3 is 0 Å². The lowest BCUT2D eigenvalue weighted by Crippen LogP contribution is -1.84. The second-order valence-electron chi connectivity index (χ2n) is 4.09. The van der Waals surface area contributed by atoms with Crippen LogP contribution in [0.3, 0.4) is 0 Å². The van der Waals surface area contributed by atoms with Crippen LogP contribution in [0, 0.1) is 0 Å². The molecule has 0 nitrogen and oxygen atoms in total. The standard InChI is InChI=1S/C14H24/c1-6-9-13(4)14(5)11-8-7-10-12(2)3/h11H,2,4,6-10H2,1,3,5H3/b14-11-. The third kappa shape index (κ3) is 6.71. The van der Waals surface area contributed by atoms with Gasteiger partial charge in [0.2, 0.25) is 0 Å². The van der Waals surface area contributed by atoms with Crippen LogP contribution in [0.25, 0.3) is 0 Å². The smallest absolute Gasteiger partial charge is 0.0285 e. The first-order valence-electron chi connectivity index (χ1n) is 5.57. The Balaban J connectivity index is 3.76. The third-order valence-electron chi connectivity index (χ3n) is 2.37. The predicted octanol–water partition coefficient (Wildman–Crippen LogP) is 5.04. The Morgan fingerprint density at radius 1 is 1.14 bits per heavy atom. The Morgan fingerprint density at radius 2 is 1.79 bits per heavy atom. The molecule has 0 N–H and O–H groups in total. The SMILES string of the molecule is C=C(C)CCC/C=C(/C)C(=C)CCC.